The van der Waals surface area contributed by atoms with E-state index in [2.05, 4.69) is 4.89 Å². The molecule has 1 amide bonds. The van der Waals surface area contributed by atoms with Crippen LogP contribution in [-0.2, 0) is 0 Å². The predicted molar refractivity (Wildman–Crippen MR) is 63.8 cm³/mol. The maximum absolute atomic E-state index is 12.3. The summed E-state index contributed by atoms with van der Waals surface area (Å²) < 4.78 is 0. The van der Waals surface area contributed by atoms with Crippen LogP contribution < -0.4 is 10.6 Å². The van der Waals surface area contributed by atoms with E-state index in [1.165, 1.54) is 0 Å². The van der Waals surface area contributed by atoms with Gasteiger partial charge in [0.1, 0.15) is 0 Å². The van der Waals surface area contributed by atoms with Gasteiger partial charge in [-0.2, -0.15) is 0 Å². The normalized spacial score (nSPS) is 19.4. The molecule has 1 aromatic carbocycles. The molecule has 1 fully saturated rings. The van der Waals surface area contributed by atoms with Crippen LogP contribution in [0.3, 0.4) is 0 Å². The fourth-order valence-corrected chi connectivity index (χ4v) is 2.21. The van der Waals surface area contributed by atoms with Gasteiger partial charge < -0.3 is 15.5 Å². The van der Waals surface area contributed by atoms with Gasteiger partial charge in [0, 0.05) is 12.6 Å². The number of amides is 1. The molecular weight excluding hydrogens is 220 g/mol. The third kappa shape index (κ3) is 2.06. The molecule has 0 saturated carbocycles. The summed E-state index contributed by atoms with van der Waals surface area (Å²) in [6.07, 6.45) is 2.01. The highest BCUT2D eigenvalue weighted by Crippen LogP contribution is 2.29. The zero-order valence-corrected chi connectivity index (χ0v) is 9.72. The highest BCUT2D eigenvalue weighted by Gasteiger charge is 2.28. The Balaban J connectivity index is 2.33. The number of hydrogen-bond acceptors (Lipinski definition) is 4. The monoisotopic (exact) mass is 236 g/mol. The first-order valence-corrected chi connectivity index (χ1v) is 5.66. The molecule has 1 saturated heterocycles. The van der Waals surface area contributed by atoms with E-state index in [9.17, 15) is 4.79 Å². The maximum Gasteiger partial charge on any atom is 0.258 e. The molecule has 0 spiro atoms. The second kappa shape index (κ2) is 4.63. The first-order chi connectivity index (χ1) is 8.15. The molecule has 17 heavy (non-hydrogen) atoms. The van der Waals surface area contributed by atoms with Gasteiger partial charge in [-0.05, 0) is 31.9 Å². The van der Waals surface area contributed by atoms with Gasteiger partial charge in [0.15, 0.2) is 0 Å². The number of benzene rings is 1. The van der Waals surface area contributed by atoms with Crippen LogP contribution >= 0.6 is 0 Å². The highest BCUT2D eigenvalue weighted by atomic mass is 17.1. The topological polar surface area (TPSA) is 75.8 Å². The Morgan fingerprint density at radius 3 is 2.94 bits per heavy atom. The van der Waals surface area contributed by atoms with Gasteiger partial charge in [0.25, 0.3) is 5.91 Å². The summed E-state index contributed by atoms with van der Waals surface area (Å²) in [4.78, 5) is 18.3. The summed E-state index contributed by atoms with van der Waals surface area (Å²) in [5.74, 6) is -0.108. The minimum atomic E-state index is -0.147. The van der Waals surface area contributed by atoms with Crippen LogP contribution in [0.1, 0.15) is 30.1 Å². The van der Waals surface area contributed by atoms with Crippen molar-refractivity contribution in [2.45, 2.75) is 25.8 Å². The molecule has 3 N–H and O–H groups in total. The summed E-state index contributed by atoms with van der Waals surface area (Å²) in [6, 6.07) is 5.08. The lowest BCUT2D eigenvalue weighted by atomic mass is 10.1. The predicted octanol–water partition coefficient (Wildman–Crippen LogP) is 1.75. The molecule has 0 unspecified atom stereocenters. The largest absolute Gasteiger partial charge is 0.396 e. The number of carbonyl (C=O) groups excluding carboxylic acids is 1. The van der Waals surface area contributed by atoms with E-state index in [0.29, 0.717) is 5.56 Å². The second-order valence-electron chi connectivity index (χ2n) is 4.31. The lowest BCUT2D eigenvalue weighted by molar-refractivity contribution is -0.137. The molecule has 1 aliphatic heterocycles. The van der Waals surface area contributed by atoms with Crippen molar-refractivity contribution in [1.29, 1.82) is 0 Å². The average Bonchev–Trinajstić information content (AvgIpc) is 2.74. The molecule has 1 aliphatic rings. The number of nitrogens with two attached hydrogens (primary N) is 1. The van der Waals surface area contributed by atoms with Gasteiger partial charge in [-0.1, -0.05) is 6.07 Å². The van der Waals surface area contributed by atoms with Crippen LogP contribution in [0.4, 0.5) is 5.69 Å². The Labute approximate surface area is 99.7 Å². The molecule has 0 bridgehead atoms. The number of hydrogen-bond donors (Lipinski definition) is 2. The third-order valence-corrected chi connectivity index (χ3v) is 3.18. The standard InChI is InChI=1S/C12H16N2O3/c1-8-4-3-7-14(8)12(15)9-5-2-6-10(13)11(9)17-16/h2,5-6,8,16H,3-4,7,13H2,1H3/t8-/m1/s1. The maximum atomic E-state index is 12.3. The minimum absolute atomic E-state index is 0.0385. The number of anilines is 1. The van der Waals surface area contributed by atoms with E-state index in [1.54, 1.807) is 23.1 Å². The summed E-state index contributed by atoms with van der Waals surface area (Å²) in [5, 5.41) is 8.81. The Bertz CT molecular complexity index is 434. The highest BCUT2D eigenvalue weighted by molar-refractivity contribution is 5.98. The van der Waals surface area contributed by atoms with Crippen molar-refractivity contribution in [1.82, 2.24) is 4.90 Å². The van der Waals surface area contributed by atoms with Crippen molar-refractivity contribution in [3.8, 4) is 5.75 Å². The fourth-order valence-electron chi connectivity index (χ4n) is 2.21. The van der Waals surface area contributed by atoms with Crippen LogP contribution in [0.5, 0.6) is 5.75 Å². The number of carbonyl (C=O) groups is 1. The van der Waals surface area contributed by atoms with Crippen molar-refractivity contribution < 1.29 is 14.9 Å². The van der Waals surface area contributed by atoms with Gasteiger partial charge in [0.2, 0.25) is 5.75 Å². The number of para-hydroxylation sites is 1. The summed E-state index contributed by atoms with van der Waals surface area (Å²) >= 11 is 0. The van der Waals surface area contributed by atoms with E-state index >= 15 is 0 Å². The Hall–Kier alpha value is -1.75. The van der Waals surface area contributed by atoms with Gasteiger partial charge >= 0.3 is 0 Å². The van der Waals surface area contributed by atoms with E-state index in [1.807, 2.05) is 6.92 Å². The fraction of sp³-hybridized carbons (Fsp3) is 0.417. The molecule has 1 heterocycles. The van der Waals surface area contributed by atoms with Crippen LogP contribution in [0.15, 0.2) is 18.2 Å². The summed E-state index contributed by atoms with van der Waals surface area (Å²) in [6.45, 7) is 2.75. The van der Waals surface area contributed by atoms with Crippen LogP contribution in [0, 0.1) is 0 Å². The van der Waals surface area contributed by atoms with Gasteiger partial charge in [-0.15, -0.1) is 0 Å². The quantitative estimate of drug-likeness (QED) is 0.466. The van der Waals surface area contributed by atoms with Crippen LogP contribution in [0.25, 0.3) is 0 Å². The third-order valence-electron chi connectivity index (χ3n) is 3.18. The van der Waals surface area contributed by atoms with Crippen LogP contribution in [0.2, 0.25) is 0 Å². The first kappa shape index (κ1) is 11.7. The molecule has 0 aliphatic carbocycles. The lowest BCUT2D eigenvalue weighted by Crippen LogP contribution is -2.33. The summed E-state index contributed by atoms with van der Waals surface area (Å²) in [7, 11) is 0. The number of nitrogens with zero attached hydrogens (tertiary/aromatic N) is 1. The van der Waals surface area contributed by atoms with Gasteiger partial charge in [-0.3, -0.25) is 4.79 Å². The molecule has 2 rings (SSSR count). The summed E-state index contributed by atoms with van der Waals surface area (Å²) in [5.41, 5.74) is 6.21. The van der Waals surface area contributed by atoms with E-state index in [-0.39, 0.29) is 23.4 Å². The zero-order valence-electron chi connectivity index (χ0n) is 9.72. The molecule has 0 aromatic heterocycles. The molecule has 5 heteroatoms. The zero-order chi connectivity index (χ0) is 12.4. The van der Waals surface area contributed by atoms with Crippen molar-refractivity contribution >= 4 is 11.6 Å². The number of rotatable bonds is 2. The van der Waals surface area contributed by atoms with E-state index in [4.69, 9.17) is 11.0 Å². The van der Waals surface area contributed by atoms with Gasteiger partial charge in [0.05, 0.1) is 11.3 Å². The van der Waals surface area contributed by atoms with Crippen molar-refractivity contribution in [3.05, 3.63) is 23.8 Å². The smallest absolute Gasteiger partial charge is 0.258 e. The van der Waals surface area contributed by atoms with Gasteiger partial charge in [-0.25, -0.2) is 5.26 Å². The van der Waals surface area contributed by atoms with E-state index < -0.39 is 0 Å². The number of likely N-dealkylation sites (tertiary alicyclic amines) is 1. The van der Waals surface area contributed by atoms with E-state index in [0.717, 1.165) is 19.4 Å². The molecule has 0 radical (unpaired) electrons. The number of nitrogen functional groups attached to an aromatic ring is 1. The Morgan fingerprint density at radius 2 is 2.35 bits per heavy atom. The molecule has 92 valence electrons. The van der Waals surface area contributed by atoms with Crippen LogP contribution in [-0.4, -0.2) is 28.7 Å². The molecule has 1 atom stereocenters. The van der Waals surface area contributed by atoms with Crippen molar-refractivity contribution in [3.63, 3.8) is 0 Å². The van der Waals surface area contributed by atoms with Crippen molar-refractivity contribution in [2.24, 2.45) is 0 Å². The first-order valence-electron chi connectivity index (χ1n) is 5.66. The lowest BCUT2D eigenvalue weighted by Gasteiger charge is -2.22. The second-order valence-corrected chi connectivity index (χ2v) is 4.31. The molecule has 5 nitrogen and oxygen atoms in total. The Kier molecular flexibility index (Phi) is 3.19. The minimum Gasteiger partial charge on any atom is -0.396 e. The Morgan fingerprint density at radius 1 is 1.59 bits per heavy atom. The average molecular weight is 236 g/mol. The molecular formula is C12H16N2O3. The molecule has 1 aromatic rings. The van der Waals surface area contributed by atoms with Crippen molar-refractivity contribution in [2.75, 3.05) is 12.3 Å². The SMILES string of the molecule is C[C@@H]1CCCN1C(=O)c1cccc(N)c1OO.